The van der Waals surface area contributed by atoms with Crippen LogP contribution in [0.4, 0.5) is 17.1 Å². The third-order valence-electron chi connectivity index (χ3n) is 2.16. The molecule has 1 aromatic rings. The van der Waals surface area contributed by atoms with Crippen LogP contribution in [0.1, 0.15) is 13.8 Å². The number of hydrogen-bond donors (Lipinski definition) is 4. The first-order valence-electron chi connectivity index (χ1n) is 5.28. The summed E-state index contributed by atoms with van der Waals surface area (Å²) in [6.07, 6.45) is 0. The molecule has 0 aromatic heterocycles. The Labute approximate surface area is 107 Å². The molecule has 0 spiro atoms. The lowest BCUT2D eigenvalue weighted by Crippen LogP contribution is -2.23. The van der Waals surface area contributed by atoms with Crippen LogP contribution in [-0.4, -0.2) is 30.6 Å². The first-order chi connectivity index (χ1) is 8.19. The zero-order valence-electron chi connectivity index (χ0n) is 10.4. The van der Waals surface area contributed by atoms with Crippen molar-refractivity contribution in [2.45, 2.75) is 13.8 Å². The second-order valence-corrected chi connectivity index (χ2v) is 4.33. The molecule has 1 rings (SSSR count). The van der Waals surface area contributed by atoms with Crippen molar-refractivity contribution in [3.05, 3.63) is 18.2 Å². The summed E-state index contributed by atoms with van der Waals surface area (Å²) in [5.41, 5.74) is 14.1. The van der Waals surface area contributed by atoms with Crippen molar-refractivity contribution in [2.24, 2.45) is 0 Å². The van der Waals surface area contributed by atoms with E-state index in [4.69, 9.17) is 29.0 Å². The summed E-state index contributed by atoms with van der Waals surface area (Å²) in [4.78, 5) is 2.19. The van der Waals surface area contributed by atoms with Gasteiger partial charge in [-0.3, -0.25) is 9.11 Å². The zero-order valence-corrected chi connectivity index (χ0v) is 11.2. The number of hydrogen-bond acceptors (Lipinski definition) is 5. The molecular weight excluding hydrogens is 258 g/mol. The van der Waals surface area contributed by atoms with E-state index in [1.165, 1.54) is 0 Å². The first-order valence-corrected chi connectivity index (χ1v) is 6.68. The third kappa shape index (κ3) is 6.94. The van der Waals surface area contributed by atoms with E-state index in [-0.39, 0.29) is 0 Å². The van der Waals surface area contributed by atoms with Gasteiger partial charge in [-0.2, -0.15) is 8.42 Å². The summed E-state index contributed by atoms with van der Waals surface area (Å²) in [7, 11) is -4.67. The fraction of sp³-hybridized carbons (Fsp3) is 0.400. The molecule has 0 atom stereocenters. The van der Waals surface area contributed by atoms with E-state index in [1.54, 1.807) is 0 Å². The molecule has 6 N–H and O–H groups in total. The number of anilines is 3. The van der Waals surface area contributed by atoms with Crippen LogP contribution >= 0.6 is 0 Å². The molecular formula is C10H19N3O4S. The Morgan fingerprint density at radius 3 is 2.00 bits per heavy atom. The Balaban J connectivity index is 0.000000494. The summed E-state index contributed by atoms with van der Waals surface area (Å²) < 4.78 is 31.6. The highest BCUT2D eigenvalue weighted by atomic mass is 32.3. The molecule has 8 heteroatoms. The second-order valence-electron chi connectivity index (χ2n) is 3.44. The lowest BCUT2D eigenvalue weighted by atomic mass is 10.2. The number of rotatable bonds is 3. The van der Waals surface area contributed by atoms with E-state index < -0.39 is 10.4 Å². The van der Waals surface area contributed by atoms with Crippen molar-refractivity contribution in [3.8, 4) is 0 Å². The molecule has 0 radical (unpaired) electrons. The number of benzene rings is 1. The zero-order chi connectivity index (χ0) is 14.3. The average molecular weight is 277 g/mol. The normalized spacial score (nSPS) is 10.4. The van der Waals surface area contributed by atoms with Crippen LogP contribution in [0.2, 0.25) is 0 Å². The molecule has 0 aliphatic rings. The van der Waals surface area contributed by atoms with Crippen LogP contribution in [0, 0.1) is 0 Å². The molecule has 0 unspecified atom stereocenters. The average Bonchev–Trinajstić information content (AvgIpc) is 2.22. The lowest BCUT2D eigenvalue weighted by Gasteiger charge is -2.22. The van der Waals surface area contributed by atoms with Crippen LogP contribution in [0.5, 0.6) is 0 Å². The van der Waals surface area contributed by atoms with Crippen LogP contribution in [-0.2, 0) is 10.4 Å². The minimum absolute atomic E-state index is 0.760. The van der Waals surface area contributed by atoms with Gasteiger partial charge in [-0.05, 0) is 32.0 Å². The van der Waals surface area contributed by atoms with Gasteiger partial charge in [-0.1, -0.05) is 0 Å². The van der Waals surface area contributed by atoms with E-state index in [2.05, 4.69) is 18.7 Å². The van der Waals surface area contributed by atoms with E-state index >= 15 is 0 Å². The highest BCUT2D eigenvalue weighted by Crippen LogP contribution is 2.25. The molecule has 0 fully saturated rings. The Kier molecular flexibility index (Phi) is 6.45. The molecule has 0 saturated heterocycles. The van der Waals surface area contributed by atoms with Crippen molar-refractivity contribution in [1.29, 1.82) is 0 Å². The van der Waals surface area contributed by atoms with Crippen LogP contribution in [0.15, 0.2) is 18.2 Å². The predicted octanol–water partition coefficient (Wildman–Crippen LogP) is 1.04. The highest BCUT2D eigenvalue weighted by Gasteiger charge is 2.05. The van der Waals surface area contributed by atoms with Gasteiger partial charge in [-0.25, -0.2) is 0 Å². The van der Waals surface area contributed by atoms with Gasteiger partial charge in [0.25, 0.3) is 0 Å². The van der Waals surface area contributed by atoms with Crippen molar-refractivity contribution in [3.63, 3.8) is 0 Å². The van der Waals surface area contributed by atoms with Gasteiger partial charge in [0.1, 0.15) is 0 Å². The molecule has 0 aliphatic carbocycles. The summed E-state index contributed by atoms with van der Waals surface area (Å²) in [5.74, 6) is 0. The van der Waals surface area contributed by atoms with Gasteiger partial charge < -0.3 is 16.4 Å². The Hall–Kier alpha value is -1.51. The number of nitrogen functional groups attached to an aromatic ring is 2. The van der Waals surface area contributed by atoms with Gasteiger partial charge in [0.05, 0.1) is 11.4 Å². The molecule has 0 amide bonds. The van der Waals surface area contributed by atoms with Crippen LogP contribution < -0.4 is 16.4 Å². The summed E-state index contributed by atoms with van der Waals surface area (Å²) >= 11 is 0. The number of nitrogens with two attached hydrogens (primary N) is 2. The standard InChI is InChI=1S/C10H17N3.H2O4S/c1-3-13(4-2)10-7-8(11)5-6-9(10)12;1-5(2,3)4/h5-7H,3-4,11-12H2,1-2H3;(H2,1,2,3,4). The summed E-state index contributed by atoms with van der Waals surface area (Å²) in [6, 6.07) is 5.59. The minimum Gasteiger partial charge on any atom is -0.399 e. The fourth-order valence-electron chi connectivity index (χ4n) is 1.40. The largest absolute Gasteiger partial charge is 0.399 e. The quantitative estimate of drug-likeness (QED) is 0.479. The maximum absolute atomic E-state index is 8.74. The summed E-state index contributed by atoms with van der Waals surface area (Å²) in [5, 5.41) is 0. The van der Waals surface area contributed by atoms with Crippen molar-refractivity contribution < 1.29 is 17.5 Å². The van der Waals surface area contributed by atoms with E-state index in [0.29, 0.717) is 0 Å². The molecule has 0 saturated carbocycles. The van der Waals surface area contributed by atoms with E-state index in [9.17, 15) is 0 Å². The maximum atomic E-state index is 8.74. The molecule has 0 bridgehead atoms. The van der Waals surface area contributed by atoms with Crippen molar-refractivity contribution >= 4 is 27.5 Å². The van der Waals surface area contributed by atoms with Crippen molar-refractivity contribution in [2.75, 3.05) is 29.5 Å². The maximum Gasteiger partial charge on any atom is 0.394 e. The first kappa shape index (κ1) is 16.5. The summed E-state index contributed by atoms with van der Waals surface area (Å²) in [6.45, 7) is 6.10. The smallest absolute Gasteiger partial charge is 0.394 e. The Morgan fingerprint density at radius 2 is 1.61 bits per heavy atom. The van der Waals surface area contributed by atoms with Gasteiger partial charge >= 0.3 is 10.4 Å². The molecule has 7 nitrogen and oxygen atoms in total. The lowest BCUT2D eigenvalue weighted by molar-refractivity contribution is 0.381. The monoisotopic (exact) mass is 277 g/mol. The second kappa shape index (κ2) is 7.04. The van der Waals surface area contributed by atoms with Gasteiger partial charge in [-0.15, -0.1) is 0 Å². The SMILES string of the molecule is CCN(CC)c1cc(N)ccc1N.O=S(=O)(O)O. The Morgan fingerprint density at radius 1 is 1.17 bits per heavy atom. The predicted molar refractivity (Wildman–Crippen MR) is 73.0 cm³/mol. The highest BCUT2D eigenvalue weighted by molar-refractivity contribution is 7.79. The molecule has 104 valence electrons. The molecule has 0 aliphatic heterocycles. The molecule has 18 heavy (non-hydrogen) atoms. The molecule has 1 aromatic carbocycles. The minimum atomic E-state index is -4.67. The van der Waals surface area contributed by atoms with Gasteiger partial charge in [0, 0.05) is 18.8 Å². The van der Waals surface area contributed by atoms with E-state index in [0.717, 1.165) is 30.2 Å². The molecule has 0 heterocycles. The fourth-order valence-corrected chi connectivity index (χ4v) is 1.40. The Bertz CT molecular complexity index is 464. The van der Waals surface area contributed by atoms with Crippen LogP contribution in [0.3, 0.4) is 0 Å². The van der Waals surface area contributed by atoms with Crippen LogP contribution in [0.25, 0.3) is 0 Å². The van der Waals surface area contributed by atoms with Crippen molar-refractivity contribution in [1.82, 2.24) is 0 Å². The van der Waals surface area contributed by atoms with Gasteiger partial charge in [0.15, 0.2) is 0 Å². The topological polar surface area (TPSA) is 130 Å². The third-order valence-corrected chi connectivity index (χ3v) is 2.16. The number of nitrogens with zero attached hydrogens (tertiary/aromatic N) is 1. The van der Waals surface area contributed by atoms with Gasteiger partial charge in [0.2, 0.25) is 0 Å². The van der Waals surface area contributed by atoms with E-state index in [1.807, 2.05) is 18.2 Å².